The molecule has 2 aromatic carbocycles. The van der Waals surface area contributed by atoms with E-state index < -0.39 is 0 Å². The highest BCUT2D eigenvalue weighted by molar-refractivity contribution is 5.80. The number of imidazole rings is 1. The molecule has 0 radical (unpaired) electrons. The molecular formula is C24H25N5O. The summed E-state index contributed by atoms with van der Waals surface area (Å²) in [7, 11) is 0. The smallest absolute Gasteiger partial charge is 0.235 e. The zero-order chi connectivity index (χ0) is 20.5. The van der Waals surface area contributed by atoms with E-state index in [4.69, 9.17) is 9.72 Å². The van der Waals surface area contributed by atoms with E-state index in [1.165, 1.54) is 16.8 Å². The second-order valence-electron chi connectivity index (χ2n) is 7.69. The Kier molecular flexibility index (Phi) is 4.85. The second kappa shape index (κ2) is 7.80. The van der Waals surface area contributed by atoms with E-state index in [-0.39, 0.29) is 0 Å². The van der Waals surface area contributed by atoms with Gasteiger partial charge in [0.2, 0.25) is 5.78 Å². The van der Waals surface area contributed by atoms with Crippen molar-refractivity contribution in [3.05, 3.63) is 72.1 Å². The first-order chi connectivity index (χ1) is 14.7. The number of nitrogens with zero attached hydrogens (tertiary/aromatic N) is 4. The quantitative estimate of drug-likeness (QED) is 0.544. The van der Waals surface area contributed by atoms with E-state index in [9.17, 15) is 0 Å². The molecule has 0 bridgehead atoms. The Labute approximate surface area is 176 Å². The zero-order valence-electron chi connectivity index (χ0n) is 17.3. The van der Waals surface area contributed by atoms with Crippen LogP contribution in [0.5, 0.6) is 0 Å². The third-order valence-corrected chi connectivity index (χ3v) is 5.57. The third-order valence-electron chi connectivity index (χ3n) is 5.57. The molecule has 0 spiro atoms. The molecule has 1 fully saturated rings. The van der Waals surface area contributed by atoms with Crippen molar-refractivity contribution in [2.24, 2.45) is 0 Å². The summed E-state index contributed by atoms with van der Waals surface area (Å²) in [6.45, 7) is 7.63. The van der Waals surface area contributed by atoms with Crippen LogP contribution in [0.1, 0.15) is 11.1 Å². The van der Waals surface area contributed by atoms with Crippen molar-refractivity contribution in [1.82, 2.24) is 14.4 Å². The fourth-order valence-corrected chi connectivity index (χ4v) is 3.86. The average Bonchev–Trinajstić information content (AvgIpc) is 3.15. The summed E-state index contributed by atoms with van der Waals surface area (Å²) < 4.78 is 7.48. The van der Waals surface area contributed by atoms with Crippen molar-refractivity contribution in [1.29, 1.82) is 0 Å². The summed E-state index contributed by atoms with van der Waals surface area (Å²) in [5, 5.41) is 3.61. The Morgan fingerprint density at radius 1 is 1.00 bits per heavy atom. The summed E-state index contributed by atoms with van der Waals surface area (Å²) >= 11 is 0. The monoisotopic (exact) mass is 399 g/mol. The largest absolute Gasteiger partial charge is 0.378 e. The number of morpholine rings is 1. The molecule has 30 heavy (non-hydrogen) atoms. The van der Waals surface area contributed by atoms with Crippen LogP contribution in [0, 0.1) is 13.8 Å². The van der Waals surface area contributed by atoms with Gasteiger partial charge in [0.05, 0.1) is 13.2 Å². The fraction of sp³-hybridized carbons (Fsp3) is 0.250. The van der Waals surface area contributed by atoms with Crippen LogP contribution < -0.4 is 10.2 Å². The average molecular weight is 399 g/mol. The Hall–Kier alpha value is -3.38. The Bertz CT molecular complexity index is 1180. The van der Waals surface area contributed by atoms with Gasteiger partial charge < -0.3 is 15.0 Å². The maximum atomic E-state index is 5.47. The first-order valence-electron chi connectivity index (χ1n) is 10.3. The Morgan fingerprint density at radius 2 is 1.80 bits per heavy atom. The lowest BCUT2D eigenvalue weighted by atomic mass is 10.1. The van der Waals surface area contributed by atoms with Crippen molar-refractivity contribution in [3.63, 3.8) is 0 Å². The minimum absolute atomic E-state index is 0.678. The first kappa shape index (κ1) is 18.6. The normalized spacial score (nSPS) is 14.3. The highest BCUT2D eigenvalue weighted by Crippen LogP contribution is 2.33. The molecule has 1 saturated heterocycles. The number of anilines is 3. The molecule has 1 N–H and O–H groups in total. The molecule has 3 heterocycles. The number of fused-ring (bicyclic) bond motifs is 1. The van der Waals surface area contributed by atoms with Crippen molar-refractivity contribution >= 4 is 23.0 Å². The lowest BCUT2D eigenvalue weighted by molar-refractivity contribution is 0.122. The predicted octanol–water partition coefficient (Wildman–Crippen LogP) is 4.59. The van der Waals surface area contributed by atoms with E-state index >= 15 is 0 Å². The number of hydrogen-bond donors (Lipinski definition) is 1. The number of aromatic nitrogens is 3. The summed E-state index contributed by atoms with van der Waals surface area (Å²) in [6, 6.07) is 17.0. The van der Waals surface area contributed by atoms with Gasteiger partial charge in [-0.3, -0.25) is 4.40 Å². The van der Waals surface area contributed by atoms with E-state index in [0.29, 0.717) is 5.78 Å². The van der Waals surface area contributed by atoms with Crippen LogP contribution in [0.25, 0.3) is 17.0 Å². The van der Waals surface area contributed by atoms with Crippen molar-refractivity contribution in [3.8, 4) is 11.3 Å². The molecular weight excluding hydrogens is 374 g/mol. The van der Waals surface area contributed by atoms with Crippen molar-refractivity contribution in [2.75, 3.05) is 36.5 Å². The minimum atomic E-state index is 0.678. The van der Waals surface area contributed by atoms with Crippen LogP contribution in [-0.2, 0) is 4.74 Å². The van der Waals surface area contributed by atoms with Crippen molar-refractivity contribution < 1.29 is 4.74 Å². The maximum absolute atomic E-state index is 5.47. The minimum Gasteiger partial charge on any atom is -0.378 e. The number of nitrogens with one attached hydrogen (secondary N) is 1. The first-order valence-corrected chi connectivity index (χ1v) is 10.3. The number of rotatable bonds is 4. The zero-order valence-corrected chi connectivity index (χ0v) is 17.3. The van der Waals surface area contributed by atoms with E-state index in [2.05, 4.69) is 71.5 Å². The number of aryl methyl sites for hydroxylation is 2. The van der Waals surface area contributed by atoms with E-state index in [0.717, 1.165) is 49.1 Å². The van der Waals surface area contributed by atoms with Gasteiger partial charge in [-0.2, -0.15) is 0 Å². The lowest BCUT2D eigenvalue weighted by Crippen LogP contribution is -2.36. The van der Waals surface area contributed by atoms with Crippen LogP contribution in [-0.4, -0.2) is 40.7 Å². The number of ether oxygens (including phenoxy) is 1. The molecule has 6 nitrogen and oxygen atoms in total. The van der Waals surface area contributed by atoms with Crippen LogP contribution in [0.4, 0.5) is 17.2 Å². The summed E-state index contributed by atoms with van der Waals surface area (Å²) in [5.74, 6) is 1.60. The predicted molar refractivity (Wildman–Crippen MR) is 121 cm³/mol. The molecule has 0 unspecified atom stereocenters. The van der Waals surface area contributed by atoms with Gasteiger partial charge in [-0.25, -0.2) is 9.97 Å². The van der Waals surface area contributed by atoms with Gasteiger partial charge >= 0.3 is 0 Å². The Balaban J connectivity index is 1.55. The molecule has 152 valence electrons. The molecule has 4 aromatic rings. The molecule has 6 heteroatoms. The summed E-state index contributed by atoms with van der Waals surface area (Å²) in [4.78, 5) is 11.6. The summed E-state index contributed by atoms with van der Waals surface area (Å²) in [6.07, 6.45) is 3.77. The highest BCUT2D eigenvalue weighted by Gasteiger charge is 2.17. The van der Waals surface area contributed by atoms with Gasteiger partial charge in [-0.1, -0.05) is 24.3 Å². The molecule has 0 amide bonds. The summed E-state index contributed by atoms with van der Waals surface area (Å²) in [5.41, 5.74) is 6.65. The molecule has 2 aromatic heterocycles. The van der Waals surface area contributed by atoms with Crippen LogP contribution in [0.3, 0.4) is 0 Å². The van der Waals surface area contributed by atoms with Gasteiger partial charge in [0.25, 0.3) is 0 Å². The molecule has 1 aliphatic rings. The third kappa shape index (κ3) is 3.50. The molecule has 0 atom stereocenters. The maximum Gasteiger partial charge on any atom is 0.235 e. The van der Waals surface area contributed by atoms with E-state index in [1.807, 2.05) is 16.7 Å². The topological polar surface area (TPSA) is 54.7 Å². The van der Waals surface area contributed by atoms with Gasteiger partial charge in [0.15, 0.2) is 0 Å². The van der Waals surface area contributed by atoms with Gasteiger partial charge in [0.1, 0.15) is 11.5 Å². The second-order valence-corrected chi connectivity index (χ2v) is 7.69. The van der Waals surface area contributed by atoms with Crippen LogP contribution >= 0.6 is 0 Å². The SMILES string of the molecule is Cc1ccc(C)c(Nc2c(-c3ccc(N4CCOCC4)cc3)nc3ncccn23)c1. The highest BCUT2D eigenvalue weighted by atomic mass is 16.5. The Morgan fingerprint density at radius 3 is 2.60 bits per heavy atom. The molecule has 1 aliphatic heterocycles. The number of hydrogen-bond acceptors (Lipinski definition) is 5. The van der Waals surface area contributed by atoms with Gasteiger partial charge in [-0.05, 0) is 49.2 Å². The molecule has 0 aliphatic carbocycles. The van der Waals surface area contributed by atoms with Gasteiger partial charge in [-0.15, -0.1) is 0 Å². The van der Waals surface area contributed by atoms with Crippen molar-refractivity contribution in [2.45, 2.75) is 13.8 Å². The van der Waals surface area contributed by atoms with Gasteiger partial charge in [0, 0.05) is 42.4 Å². The standard InChI is InChI=1S/C24H25N5O/c1-17-4-5-18(2)21(16-17)26-23-22(27-24-25-10-3-11-29(23)24)19-6-8-20(9-7-19)28-12-14-30-15-13-28/h3-11,16,26H,12-15H2,1-2H3. The lowest BCUT2D eigenvalue weighted by Gasteiger charge is -2.28. The fourth-order valence-electron chi connectivity index (χ4n) is 3.86. The van der Waals surface area contributed by atoms with Crippen LogP contribution in [0.15, 0.2) is 60.9 Å². The molecule has 0 saturated carbocycles. The van der Waals surface area contributed by atoms with Crippen LogP contribution in [0.2, 0.25) is 0 Å². The number of benzene rings is 2. The molecule has 5 rings (SSSR count). The van der Waals surface area contributed by atoms with E-state index in [1.54, 1.807) is 6.20 Å².